The van der Waals surface area contributed by atoms with Crippen molar-refractivity contribution in [3.05, 3.63) is 35.4 Å². The summed E-state index contributed by atoms with van der Waals surface area (Å²) in [6, 6.07) is 4.94. The Hall–Kier alpha value is -3.67. The Kier molecular flexibility index (Phi) is 11.8. The van der Waals surface area contributed by atoms with Crippen LogP contribution in [0.3, 0.4) is 0 Å². The van der Waals surface area contributed by atoms with Gasteiger partial charge in [-0.05, 0) is 43.6 Å². The Labute approximate surface area is 217 Å². The summed E-state index contributed by atoms with van der Waals surface area (Å²) in [5.41, 5.74) is 23.0. The quantitative estimate of drug-likeness (QED) is 0.0889. The fraction of sp³-hybridized carbons (Fsp3) is 0.560. The molecule has 0 bridgehead atoms. The zero-order valence-corrected chi connectivity index (χ0v) is 21.1. The first-order valence-electron chi connectivity index (χ1n) is 12.6. The predicted octanol–water partition coefficient (Wildman–Crippen LogP) is -0.790. The van der Waals surface area contributed by atoms with Crippen LogP contribution in [0, 0.1) is 17.2 Å². The van der Waals surface area contributed by atoms with Crippen LogP contribution in [0.2, 0.25) is 0 Å². The largest absolute Gasteiger partial charge is 0.394 e. The molecule has 12 nitrogen and oxygen atoms in total. The Morgan fingerprint density at radius 3 is 2.14 bits per heavy atom. The molecule has 1 aromatic carbocycles. The van der Waals surface area contributed by atoms with Gasteiger partial charge >= 0.3 is 0 Å². The Bertz CT molecular complexity index is 956. The topological polar surface area (TPSA) is 236 Å². The van der Waals surface area contributed by atoms with E-state index in [9.17, 15) is 19.5 Å². The van der Waals surface area contributed by atoms with E-state index < -0.39 is 36.4 Å². The minimum atomic E-state index is -1.24. The van der Waals surface area contributed by atoms with Gasteiger partial charge in [0.1, 0.15) is 17.9 Å². The van der Waals surface area contributed by atoms with Crippen molar-refractivity contribution in [2.24, 2.45) is 39.8 Å². The Morgan fingerprint density at radius 2 is 1.59 bits per heavy atom. The molecule has 1 aliphatic carbocycles. The standard InChI is InChI=1S/C25H40N8O4/c26-21(27)17-10-8-15(9-11-17)13-18(16-5-2-1-3-6-16)23(36)33-20(14-34)24(37)32-19(22(28)35)7-4-12-31-25(29)30/h8-11,16,18-20,34H,1-7,12-14H2,(H3,26,27)(H2,28,35)(H,32,37)(H,33,36)(H4,29,30,31)/t18-,19?,20-/m0/s1. The molecular formula is C25H40N8O4. The number of hydrogen-bond donors (Lipinski definition) is 8. The lowest BCUT2D eigenvalue weighted by atomic mass is 9.76. The fourth-order valence-electron chi connectivity index (χ4n) is 4.62. The van der Waals surface area contributed by atoms with E-state index in [4.69, 9.17) is 28.3 Å². The number of nitrogens with two attached hydrogens (primary N) is 4. The SMILES string of the molecule is N=C(N)c1ccc(C[C@H](C(=O)N[C@@H](CO)C(=O)NC(CCCN=C(N)N)C(N)=O)C2CCCCC2)cc1. The second-order valence-electron chi connectivity index (χ2n) is 9.48. The maximum absolute atomic E-state index is 13.4. The number of aliphatic hydroxyl groups excluding tert-OH is 1. The highest BCUT2D eigenvalue weighted by Gasteiger charge is 2.33. The molecular weight excluding hydrogens is 476 g/mol. The third-order valence-corrected chi connectivity index (χ3v) is 6.70. The smallest absolute Gasteiger partial charge is 0.245 e. The molecule has 1 fully saturated rings. The van der Waals surface area contributed by atoms with Gasteiger partial charge in [0.15, 0.2) is 5.96 Å². The van der Waals surface area contributed by atoms with E-state index in [0.717, 1.165) is 37.7 Å². The molecule has 1 aliphatic rings. The predicted molar refractivity (Wildman–Crippen MR) is 141 cm³/mol. The first-order chi connectivity index (χ1) is 17.6. The number of carbonyl (C=O) groups excluding carboxylic acids is 3. The summed E-state index contributed by atoms with van der Waals surface area (Å²) in [6.07, 6.45) is 6.03. The lowest BCUT2D eigenvalue weighted by Crippen LogP contribution is -2.55. The number of carbonyl (C=O) groups is 3. The Morgan fingerprint density at radius 1 is 0.973 bits per heavy atom. The van der Waals surface area contributed by atoms with Gasteiger partial charge in [-0.3, -0.25) is 24.8 Å². The van der Waals surface area contributed by atoms with Gasteiger partial charge in [-0.15, -0.1) is 0 Å². The van der Waals surface area contributed by atoms with Crippen LogP contribution in [0.4, 0.5) is 0 Å². The van der Waals surface area contributed by atoms with E-state index in [1.165, 1.54) is 0 Å². The second-order valence-corrected chi connectivity index (χ2v) is 9.48. The van der Waals surface area contributed by atoms with Crippen molar-refractivity contribution in [3.8, 4) is 0 Å². The number of aliphatic imine (C=N–C) groups is 1. The average Bonchev–Trinajstić information content (AvgIpc) is 2.87. The number of nitrogens with one attached hydrogen (secondary N) is 3. The average molecular weight is 517 g/mol. The van der Waals surface area contributed by atoms with Crippen LogP contribution < -0.4 is 33.6 Å². The van der Waals surface area contributed by atoms with Crippen LogP contribution in [-0.2, 0) is 20.8 Å². The summed E-state index contributed by atoms with van der Waals surface area (Å²) >= 11 is 0. The molecule has 37 heavy (non-hydrogen) atoms. The highest BCUT2D eigenvalue weighted by Crippen LogP contribution is 2.32. The maximum atomic E-state index is 13.4. The van der Waals surface area contributed by atoms with E-state index in [2.05, 4.69) is 15.6 Å². The van der Waals surface area contributed by atoms with Gasteiger partial charge < -0.3 is 38.7 Å². The number of rotatable bonds is 14. The fourth-order valence-corrected chi connectivity index (χ4v) is 4.62. The molecule has 0 radical (unpaired) electrons. The van der Waals surface area contributed by atoms with E-state index in [1.807, 2.05) is 12.1 Å². The molecule has 0 aromatic heterocycles. The number of benzene rings is 1. The van der Waals surface area contributed by atoms with Gasteiger partial charge in [0.2, 0.25) is 17.7 Å². The first-order valence-corrected chi connectivity index (χ1v) is 12.6. The summed E-state index contributed by atoms with van der Waals surface area (Å²) in [6.45, 7) is -0.375. The lowest BCUT2D eigenvalue weighted by molar-refractivity contribution is -0.134. The zero-order valence-electron chi connectivity index (χ0n) is 21.1. The van der Waals surface area contributed by atoms with Gasteiger partial charge in [-0.1, -0.05) is 43.5 Å². The van der Waals surface area contributed by atoms with Crippen LogP contribution in [0.5, 0.6) is 0 Å². The zero-order chi connectivity index (χ0) is 27.4. The van der Waals surface area contributed by atoms with E-state index in [-0.39, 0.29) is 36.6 Å². The van der Waals surface area contributed by atoms with Crippen molar-refractivity contribution in [2.45, 2.75) is 63.5 Å². The molecule has 12 N–H and O–H groups in total. The number of hydrogen-bond acceptors (Lipinski definition) is 6. The summed E-state index contributed by atoms with van der Waals surface area (Å²) in [4.78, 5) is 41.9. The molecule has 0 aliphatic heterocycles. The molecule has 3 amide bonds. The van der Waals surface area contributed by atoms with Gasteiger partial charge in [0.25, 0.3) is 0 Å². The number of guanidine groups is 1. The molecule has 0 heterocycles. The van der Waals surface area contributed by atoms with E-state index in [1.54, 1.807) is 12.1 Å². The maximum Gasteiger partial charge on any atom is 0.245 e. The van der Waals surface area contributed by atoms with E-state index in [0.29, 0.717) is 18.4 Å². The van der Waals surface area contributed by atoms with Crippen LogP contribution in [-0.4, -0.2) is 59.9 Å². The third-order valence-electron chi connectivity index (χ3n) is 6.70. The normalized spacial score (nSPS) is 16.1. The second kappa shape index (κ2) is 14.8. The first kappa shape index (κ1) is 29.6. The van der Waals surface area contributed by atoms with Crippen LogP contribution in [0.15, 0.2) is 29.3 Å². The summed E-state index contributed by atoms with van der Waals surface area (Å²) in [5, 5.41) is 22.6. The number of aliphatic hydroxyl groups is 1. The highest BCUT2D eigenvalue weighted by molar-refractivity contribution is 5.95. The third kappa shape index (κ3) is 9.71. The molecule has 0 spiro atoms. The van der Waals surface area contributed by atoms with Crippen molar-refractivity contribution in [1.29, 1.82) is 5.41 Å². The lowest BCUT2D eigenvalue weighted by Gasteiger charge is -2.31. The van der Waals surface area contributed by atoms with Crippen LogP contribution in [0.25, 0.3) is 0 Å². The van der Waals surface area contributed by atoms with Crippen LogP contribution in [0.1, 0.15) is 56.1 Å². The molecule has 204 valence electrons. The summed E-state index contributed by atoms with van der Waals surface area (Å²) < 4.78 is 0. The minimum Gasteiger partial charge on any atom is -0.394 e. The molecule has 1 unspecified atom stereocenters. The number of nitrogens with zero attached hydrogens (tertiary/aromatic N) is 1. The van der Waals surface area contributed by atoms with Crippen molar-refractivity contribution in [3.63, 3.8) is 0 Å². The highest BCUT2D eigenvalue weighted by atomic mass is 16.3. The summed E-state index contributed by atoms with van der Waals surface area (Å²) in [5.74, 6) is -2.15. The molecule has 0 saturated heterocycles. The summed E-state index contributed by atoms with van der Waals surface area (Å²) in [7, 11) is 0. The van der Waals surface area contributed by atoms with Crippen molar-refractivity contribution < 1.29 is 19.5 Å². The van der Waals surface area contributed by atoms with Gasteiger partial charge in [0.05, 0.1) is 6.61 Å². The van der Waals surface area contributed by atoms with E-state index >= 15 is 0 Å². The molecule has 12 heteroatoms. The van der Waals surface area contributed by atoms with Crippen molar-refractivity contribution >= 4 is 29.5 Å². The monoisotopic (exact) mass is 516 g/mol. The van der Waals surface area contributed by atoms with Gasteiger partial charge in [-0.25, -0.2) is 0 Å². The van der Waals surface area contributed by atoms with Crippen molar-refractivity contribution in [2.75, 3.05) is 13.2 Å². The molecule has 1 saturated carbocycles. The molecule has 3 atom stereocenters. The molecule has 2 rings (SSSR count). The minimum absolute atomic E-state index is 0.0320. The van der Waals surface area contributed by atoms with Crippen molar-refractivity contribution in [1.82, 2.24) is 10.6 Å². The Balaban J connectivity index is 2.09. The number of nitrogen functional groups attached to an aromatic ring is 1. The van der Waals surface area contributed by atoms with Gasteiger partial charge in [0, 0.05) is 18.0 Å². The number of amidine groups is 1. The number of amides is 3. The van der Waals surface area contributed by atoms with Crippen LogP contribution >= 0.6 is 0 Å². The number of primary amides is 1. The molecule has 1 aromatic rings. The van der Waals surface area contributed by atoms with Gasteiger partial charge in [-0.2, -0.15) is 0 Å².